The van der Waals surface area contributed by atoms with E-state index in [4.69, 9.17) is 4.74 Å². The number of hydrogen-bond donors (Lipinski definition) is 3. The molecule has 1 heterocycles. The first kappa shape index (κ1) is 16.3. The van der Waals surface area contributed by atoms with Crippen molar-refractivity contribution in [2.24, 2.45) is 0 Å². The predicted molar refractivity (Wildman–Crippen MR) is 85.2 cm³/mol. The summed E-state index contributed by atoms with van der Waals surface area (Å²) in [7, 11) is 0. The molecule has 0 aliphatic rings. The van der Waals surface area contributed by atoms with Crippen molar-refractivity contribution in [1.82, 2.24) is 10.3 Å². The molecule has 1 aromatic carbocycles. The first-order valence-corrected chi connectivity index (χ1v) is 7.36. The van der Waals surface area contributed by atoms with Gasteiger partial charge in [0.25, 0.3) is 0 Å². The van der Waals surface area contributed by atoms with E-state index >= 15 is 0 Å². The van der Waals surface area contributed by atoms with Crippen LogP contribution in [0.3, 0.4) is 0 Å². The number of benzene rings is 1. The van der Waals surface area contributed by atoms with Gasteiger partial charge in [-0.05, 0) is 43.7 Å². The highest BCUT2D eigenvalue weighted by Gasteiger charge is 2.06. The molecule has 1 atom stereocenters. The van der Waals surface area contributed by atoms with E-state index < -0.39 is 6.10 Å². The van der Waals surface area contributed by atoms with E-state index in [1.165, 1.54) is 0 Å². The predicted octanol–water partition coefficient (Wildman–Crippen LogP) is 1.67. The summed E-state index contributed by atoms with van der Waals surface area (Å²) in [5.41, 5.74) is 2.09. The van der Waals surface area contributed by atoms with Crippen molar-refractivity contribution >= 4 is 0 Å². The largest absolute Gasteiger partial charge is 0.508 e. The Morgan fingerprint density at radius 2 is 2.00 bits per heavy atom. The van der Waals surface area contributed by atoms with Crippen LogP contribution < -0.4 is 10.1 Å². The highest BCUT2D eigenvalue weighted by atomic mass is 16.5. The maximum absolute atomic E-state index is 9.89. The summed E-state index contributed by atoms with van der Waals surface area (Å²) in [5.74, 6) is 0.833. The van der Waals surface area contributed by atoms with Crippen molar-refractivity contribution in [2.75, 3.05) is 19.7 Å². The number of nitrogens with one attached hydrogen (secondary N) is 1. The topological polar surface area (TPSA) is 74.6 Å². The minimum atomic E-state index is -0.582. The molecule has 0 saturated heterocycles. The summed E-state index contributed by atoms with van der Waals surface area (Å²) >= 11 is 0. The van der Waals surface area contributed by atoms with Gasteiger partial charge in [0.15, 0.2) is 0 Å². The van der Waals surface area contributed by atoms with Crippen LogP contribution >= 0.6 is 0 Å². The second kappa shape index (κ2) is 8.36. The SMILES string of the molecule is Cc1cccnc1OCC(O)CNCCc1ccc(O)cc1. The number of rotatable bonds is 8. The normalized spacial score (nSPS) is 12.1. The van der Waals surface area contributed by atoms with Crippen LogP contribution in [-0.2, 0) is 6.42 Å². The van der Waals surface area contributed by atoms with Crippen LogP contribution in [0.25, 0.3) is 0 Å². The number of aliphatic hydroxyl groups is 1. The van der Waals surface area contributed by atoms with Crippen molar-refractivity contribution in [3.05, 3.63) is 53.7 Å². The molecular weight excluding hydrogens is 280 g/mol. The summed E-state index contributed by atoms with van der Waals surface area (Å²) in [6, 6.07) is 10.9. The van der Waals surface area contributed by atoms with Crippen molar-refractivity contribution in [2.45, 2.75) is 19.4 Å². The van der Waals surface area contributed by atoms with Crippen LogP contribution in [0.5, 0.6) is 11.6 Å². The average Bonchev–Trinajstić information content (AvgIpc) is 2.52. The number of ether oxygens (including phenoxy) is 1. The second-order valence-corrected chi connectivity index (χ2v) is 5.21. The summed E-state index contributed by atoms with van der Waals surface area (Å²) in [4.78, 5) is 4.12. The third-order valence-electron chi connectivity index (χ3n) is 3.28. The number of phenols is 1. The van der Waals surface area contributed by atoms with Gasteiger partial charge in [-0.3, -0.25) is 0 Å². The average molecular weight is 302 g/mol. The fourth-order valence-electron chi connectivity index (χ4n) is 2.02. The fourth-order valence-corrected chi connectivity index (χ4v) is 2.02. The molecule has 0 fully saturated rings. The van der Waals surface area contributed by atoms with Crippen LogP contribution in [0.2, 0.25) is 0 Å². The number of nitrogens with zero attached hydrogens (tertiary/aromatic N) is 1. The molecule has 118 valence electrons. The molecule has 0 aliphatic heterocycles. The maximum Gasteiger partial charge on any atom is 0.216 e. The highest BCUT2D eigenvalue weighted by molar-refractivity contribution is 5.26. The second-order valence-electron chi connectivity index (χ2n) is 5.21. The summed E-state index contributed by atoms with van der Waals surface area (Å²) in [6.07, 6.45) is 1.93. The fraction of sp³-hybridized carbons (Fsp3) is 0.353. The van der Waals surface area contributed by atoms with Gasteiger partial charge in [0.1, 0.15) is 18.5 Å². The third-order valence-corrected chi connectivity index (χ3v) is 3.28. The zero-order valence-electron chi connectivity index (χ0n) is 12.7. The number of pyridine rings is 1. The molecule has 1 unspecified atom stereocenters. The van der Waals surface area contributed by atoms with E-state index in [9.17, 15) is 10.2 Å². The molecule has 2 rings (SSSR count). The van der Waals surface area contributed by atoms with Gasteiger partial charge in [0, 0.05) is 18.3 Å². The van der Waals surface area contributed by atoms with E-state index in [0.29, 0.717) is 12.4 Å². The molecule has 0 bridgehead atoms. The van der Waals surface area contributed by atoms with Gasteiger partial charge in [-0.25, -0.2) is 4.98 Å². The van der Waals surface area contributed by atoms with Gasteiger partial charge in [-0.2, -0.15) is 0 Å². The Hall–Kier alpha value is -2.11. The molecule has 0 radical (unpaired) electrons. The summed E-state index contributed by atoms with van der Waals surface area (Å²) in [5, 5.41) is 22.3. The van der Waals surface area contributed by atoms with E-state index in [2.05, 4.69) is 10.3 Å². The van der Waals surface area contributed by atoms with E-state index in [1.54, 1.807) is 18.3 Å². The minimum Gasteiger partial charge on any atom is -0.508 e. The molecule has 5 heteroatoms. The Labute approximate surface area is 130 Å². The van der Waals surface area contributed by atoms with Gasteiger partial charge < -0.3 is 20.3 Å². The summed E-state index contributed by atoms with van der Waals surface area (Å²) < 4.78 is 5.50. The molecule has 0 amide bonds. The van der Waals surface area contributed by atoms with E-state index in [-0.39, 0.29) is 12.4 Å². The Balaban J connectivity index is 1.62. The first-order valence-electron chi connectivity index (χ1n) is 7.36. The zero-order valence-corrected chi connectivity index (χ0v) is 12.7. The van der Waals surface area contributed by atoms with Crippen molar-refractivity contribution < 1.29 is 14.9 Å². The molecule has 0 aliphatic carbocycles. The van der Waals surface area contributed by atoms with E-state index in [1.807, 2.05) is 31.2 Å². The molecule has 0 saturated carbocycles. The lowest BCUT2D eigenvalue weighted by Crippen LogP contribution is -2.32. The van der Waals surface area contributed by atoms with Crippen LogP contribution in [0.15, 0.2) is 42.6 Å². The van der Waals surface area contributed by atoms with Crippen LogP contribution in [0, 0.1) is 6.92 Å². The first-order chi connectivity index (χ1) is 10.6. The third kappa shape index (κ3) is 5.35. The van der Waals surface area contributed by atoms with Gasteiger partial charge >= 0.3 is 0 Å². The van der Waals surface area contributed by atoms with Crippen molar-refractivity contribution in [1.29, 1.82) is 0 Å². The monoisotopic (exact) mass is 302 g/mol. The highest BCUT2D eigenvalue weighted by Crippen LogP contribution is 2.12. The number of aryl methyl sites for hydroxylation is 1. The van der Waals surface area contributed by atoms with Crippen LogP contribution in [0.4, 0.5) is 0 Å². The Bertz CT molecular complexity index is 572. The molecule has 22 heavy (non-hydrogen) atoms. The number of aliphatic hydroxyl groups excluding tert-OH is 1. The smallest absolute Gasteiger partial charge is 0.216 e. The van der Waals surface area contributed by atoms with Crippen LogP contribution in [0.1, 0.15) is 11.1 Å². The molecule has 2 aromatic rings. The molecule has 1 aromatic heterocycles. The van der Waals surface area contributed by atoms with E-state index in [0.717, 1.165) is 24.1 Å². The number of hydrogen-bond acceptors (Lipinski definition) is 5. The Morgan fingerprint density at radius 3 is 2.73 bits per heavy atom. The van der Waals surface area contributed by atoms with Gasteiger partial charge in [-0.15, -0.1) is 0 Å². The standard InChI is InChI=1S/C17H22N2O3/c1-13-3-2-9-19-17(13)22-12-16(21)11-18-10-8-14-4-6-15(20)7-5-14/h2-7,9,16,18,20-21H,8,10-12H2,1H3. The molecule has 0 spiro atoms. The van der Waals surface area contributed by atoms with Gasteiger partial charge in [0.05, 0.1) is 0 Å². The molecular formula is C17H22N2O3. The summed E-state index contributed by atoms with van der Waals surface area (Å²) in [6.45, 7) is 3.35. The molecule has 5 nitrogen and oxygen atoms in total. The quantitative estimate of drug-likeness (QED) is 0.647. The lowest BCUT2D eigenvalue weighted by Gasteiger charge is -2.13. The number of aromatic hydroxyl groups is 1. The van der Waals surface area contributed by atoms with Gasteiger partial charge in [-0.1, -0.05) is 18.2 Å². The van der Waals surface area contributed by atoms with Crippen molar-refractivity contribution in [3.63, 3.8) is 0 Å². The number of phenolic OH excluding ortho intramolecular Hbond substituents is 1. The Kier molecular flexibility index (Phi) is 6.18. The lowest BCUT2D eigenvalue weighted by molar-refractivity contribution is 0.104. The van der Waals surface area contributed by atoms with Crippen molar-refractivity contribution in [3.8, 4) is 11.6 Å². The number of aromatic nitrogens is 1. The lowest BCUT2D eigenvalue weighted by atomic mass is 10.1. The Morgan fingerprint density at radius 1 is 1.23 bits per heavy atom. The zero-order chi connectivity index (χ0) is 15.8. The van der Waals surface area contributed by atoms with Gasteiger partial charge in [0.2, 0.25) is 5.88 Å². The van der Waals surface area contributed by atoms with Crippen LogP contribution in [-0.4, -0.2) is 41.0 Å². The minimum absolute atomic E-state index is 0.212. The molecule has 3 N–H and O–H groups in total. The maximum atomic E-state index is 9.89.